The van der Waals surface area contributed by atoms with Gasteiger partial charge in [-0.2, -0.15) is 0 Å². The standard InChI is InChI=1S/C22H24N2O/c1-17-8-4-5-9-19(17)10-11-21(24-25)22(13-6-3-7-14-22)20-12-15-23-18(2)16-20/h3-9,12-13,15-16,25H,10-11,14H2,1-2H3/t22-/m0/s1. The van der Waals surface area contributed by atoms with Crippen LogP contribution in [0.15, 0.2) is 72.1 Å². The third-order valence-corrected chi connectivity index (χ3v) is 5.01. The first-order valence-corrected chi connectivity index (χ1v) is 8.69. The van der Waals surface area contributed by atoms with E-state index >= 15 is 0 Å². The number of allylic oxidation sites excluding steroid dienone is 4. The first-order valence-electron chi connectivity index (χ1n) is 8.69. The van der Waals surface area contributed by atoms with Crippen LogP contribution in [0.1, 0.15) is 35.2 Å². The van der Waals surface area contributed by atoms with Crippen LogP contribution in [0.25, 0.3) is 0 Å². The van der Waals surface area contributed by atoms with Crippen molar-refractivity contribution in [1.29, 1.82) is 0 Å². The maximum atomic E-state index is 9.84. The molecule has 1 N–H and O–H groups in total. The van der Waals surface area contributed by atoms with Crippen molar-refractivity contribution in [2.24, 2.45) is 5.16 Å². The van der Waals surface area contributed by atoms with E-state index in [0.717, 1.165) is 29.8 Å². The Balaban J connectivity index is 1.93. The number of benzene rings is 1. The van der Waals surface area contributed by atoms with E-state index in [1.54, 1.807) is 0 Å². The first-order chi connectivity index (χ1) is 12.2. The number of aryl methyl sites for hydroxylation is 3. The second-order valence-corrected chi connectivity index (χ2v) is 6.62. The van der Waals surface area contributed by atoms with Crippen LogP contribution in [0.3, 0.4) is 0 Å². The molecule has 25 heavy (non-hydrogen) atoms. The van der Waals surface area contributed by atoms with Crippen molar-refractivity contribution in [3.63, 3.8) is 0 Å². The molecule has 0 radical (unpaired) electrons. The van der Waals surface area contributed by atoms with Gasteiger partial charge in [0.2, 0.25) is 0 Å². The fourth-order valence-electron chi connectivity index (χ4n) is 3.54. The first kappa shape index (κ1) is 17.2. The lowest BCUT2D eigenvalue weighted by Crippen LogP contribution is -2.35. The third-order valence-electron chi connectivity index (χ3n) is 5.01. The largest absolute Gasteiger partial charge is 0.411 e. The molecule has 0 saturated heterocycles. The molecule has 1 aromatic heterocycles. The molecule has 2 aromatic rings. The monoisotopic (exact) mass is 332 g/mol. The van der Waals surface area contributed by atoms with Crippen LogP contribution in [0.4, 0.5) is 0 Å². The summed E-state index contributed by atoms with van der Waals surface area (Å²) in [6.45, 7) is 4.11. The summed E-state index contributed by atoms with van der Waals surface area (Å²) in [5.41, 5.74) is 5.05. The van der Waals surface area contributed by atoms with Gasteiger partial charge in [-0.25, -0.2) is 0 Å². The maximum absolute atomic E-state index is 9.84. The highest BCUT2D eigenvalue weighted by atomic mass is 16.4. The van der Waals surface area contributed by atoms with Crippen molar-refractivity contribution in [3.8, 4) is 0 Å². The van der Waals surface area contributed by atoms with Gasteiger partial charge in [0.25, 0.3) is 0 Å². The molecule has 0 bridgehead atoms. The predicted molar refractivity (Wildman–Crippen MR) is 102 cm³/mol. The van der Waals surface area contributed by atoms with E-state index in [1.807, 2.05) is 31.3 Å². The van der Waals surface area contributed by atoms with Gasteiger partial charge in [0.15, 0.2) is 0 Å². The highest BCUT2D eigenvalue weighted by Crippen LogP contribution is 2.36. The number of rotatable bonds is 5. The lowest BCUT2D eigenvalue weighted by Gasteiger charge is -2.33. The van der Waals surface area contributed by atoms with Crippen LogP contribution in [0.2, 0.25) is 0 Å². The molecule has 0 fully saturated rings. The number of aromatic nitrogens is 1. The van der Waals surface area contributed by atoms with Crippen LogP contribution < -0.4 is 0 Å². The van der Waals surface area contributed by atoms with Crippen molar-refractivity contribution in [2.45, 2.75) is 38.5 Å². The van der Waals surface area contributed by atoms with E-state index in [4.69, 9.17) is 0 Å². The average molecular weight is 332 g/mol. The van der Waals surface area contributed by atoms with Gasteiger partial charge in [0.05, 0.1) is 11.1 Å². The molecule has 0 saturated carbocycles. The van der Waals surface area contributed by atoms with Gasteiger partial charge in [-0.3, -0.25) is 4.98 Å². The number of hydrogen-bond donors (Lipinski definition) is 1. The van der Waals surface area contributed by atoms with Crippen molar-refractivity contribution in [2.75, 3.05) is 0 Å². The van der Waals surface area contributed by atoms with Gasteiger partial charge in [0, 0.05) is 11.9 Å². The fourth-order valence-corrected chi connectivity index (χ4v) is 3.54. The fraction of sp³-hybridized carbons (Fsp3) is 0.273. The van der Waals surface area contributed by atoms with Gasteiger partial charge >= 0.3 is 0 Å². The normalized spacial score (nSPS) is 20.0. The quantitative estimate of drug-likeness (QED) is 0.480. The van der Waals surface area contributed by atoms with E-state index in [2.05, 4.69) is 59.5 Å². The zero-order chi connectivity index (χ0) is 17.7. The molecule has 1 atom stereocenters. The van der Waals surface area contributed by atoms with Crippen molar-refractivity contribution >= 4 is 5.71 Å². The minimum Gasteiger partial charge on any atom is -0.411 e. The molecular weight excluding hydrogens is 308 g/mol. The summed E-state index contributed by atoms with van der Waals surface area (Å²) in [5, 5.41) is 13.6. The summed E-state index contributed by atoms with van der Waals surface area (Å²) in [6, 6.07) is 12.5. The van der Waals surface area contributed by atoms with E-state index in [0.29, 0.717) is 6.42 Å². The zero-order valence-electron chi connectivity index (χ0n) is 14.8. The molecular formula is C22H24N2O. The SMILES string of the molecule is Cc1cc([C@]2(C(CCc3ccccc3C)=NO)C=CC=CC2)ccn1. The number of hydrogen-bond acceptors (Lipinski definition) is 3. The molecule has 1 heterocycles. The summed E-state index contributed by atoms with van der Waals surface area (Å²) in [4.78, 5) is 4.31. The highest BCUT2D eigenvalue weighted by molar-refractivity contribution is 5.97. The van der Waals surface area contributed by atoms with Crippen LogP contribution >= 0.6 is 0 Å². The molecule has 1 aromatic carbocycles. The van der Waals surface area contributed by atoms with E-state index in [-0.39, 0.29) is 0 Å². The van der Waals surface area contributed by atoms with Crippen molar-refractivity contribution < 1.29 is 5.21 Å². The Bertz CT molecular complexity index is 835. The average Bonchev–Trinajstić information content (AvgIpc) is 2.64. The van der Waals surface area contributed by atoms with Gasteiger partial charge in [-0.15, -0.1) is 0 Å². The lowest BCUT2D eigenvalue weighted by molar-refractivity contribution is 0.312. The second-order valence-electron chi connectivity index (χ2n) is 6.62. The maximum Gasteiger partial charge on any atom is 0.0720 e. The molecule has 3 heteroatoms. The highest BCUT2D eigenvalue weighted by Gasteiger charge is 2.35. The Hall–Kier alpha value is -2.68. The van der Waals surface area contributed by atoms with Crippen LogP contribution in [-0.4, -0.2) is 15.9 Å². The number of pyridine rings is 1. The minimum atomic E-state index is -0.403. The Morgan fingerprint density at radius 2 is 2.04 bits per heavy atom. The second kappa shape index (κ2) is 7.47. The van der Waals surface area contributed by atoms with Gasteiger partial charge in [0.1, 0.15) is 0 Å². The van der Waals surface area contributed by atoms with Crippen LogP contribution in [0.5, 0.6) is 0 Å². The molecule has 128 valence electrons. The molecule has 1 aliphatic rings. The smallest absolute Gasteiger partial charge is 0.0720 e. The molecule has 0 spiro atoms. The molecule has 0 amide bonds. The topological polar surface area (TPSA) is 45.5 Å². The van der Waals surface area contributed by atoms with Gasteiger partial charge in [-0.1, -0.05) is 53.7 Å². The summed E-state index contributed by atoms with van der Waals surface area (Å²) < 4.78 is 0. The summed E-state index contributed by atoms with van der Waals surface area (Å²) in [7, 11) is 0. The van der Waals surface area contributed by atoms with E-state index in [1.165, 1.54) is 11.1 Å². The Morgan fingerprint density at radius 3 is 2.72 bits per heavy atom. The van der Waals surface area contributed by atoms with Crippen LogP contribution in [-0.2, 0) is 11.8 Å². The number of oxime groups is 1. The minimum absolute atomic E-state index is 0.403. The molecule has 3 rings (SSSR count). The van der Waals surface area contributed by atoms with Gasteiger partial charge < -0.3 is 5.21 Å². The molecule has 0 unspecified atom stereocenters. The lowest BCUT2D eigenvalue weighted by atomic mass is 9.70. The molecule has 0 aliphatic heterocycles. The van der Waals surface area contributed by atoms with E-state index < -0.39 is 5.41 Å². The summed E-state index contributed by atoms with van der Waals surface area (Å²) in [6.07, 6.45) is 12.6. The Kier molecular flexibility index (Phi) is 5.13. The summed E-state index contributed by atoms with van der Waals surface area (Å²) in [5.74, 6) is 0. The summed E-state index contributed by atoms with van der Waals surface area (Å²) >= 11 is 0. The molecule has 3 nitrogen and oxygen atoms in total. The van der Waals surface area contributed by atoms with Gasteiger partial charge in [-0.05, 0) is 61.9 Å². The van der Waals surface area contributed by atoms with Crippen molar-refractivity contribution in [1.82, 2.24) is 4.98 Å². The van der Waals surface area contributed by atoms with E-state index in [9.17, 15) is 5.21 Å². The Labute approximate surface area is 149 Å². The zero-order valence-corrected chi connectivity index (χ0v) is 14.8. The predicted octanol–water partition coefficient (Wildman–Crippen LogP) is 4.92. The van der Waals surface area contributed by atoms with Crippen LogP contribution in [0, 0.1) is 13.8 Å². The Morgan fingerprint density at radius 1 is 1.20 bits per heavy atom. The number of nitrogens with zero attached hydrogens (tertiary/aromatic N) is 2. The molecule has 1 aliphatic carbocycles. The van der Waals surface area contributed by atoms with Crippen molar-refractivity contribution in [3.05, 3.63) is 89.3 Å². The third kappa shape index (κ3) is 3.55.